The number of carbonyl (C=O) groups is 2. The molecule has 1 N–H and O–H groups in total. The predicted molar refractivity (Wildman–Crippen MR) is 108 cm³/mol. The molecule has 29 heavy (non-hydrogen) atoms. The molecule has 0 radical (unpaired) electrons. The van der Waals surface area contributed by atoms with E-state index in [0.717, 1.165) is 0 Å². The van der Waals surface area contributed by atoms with Crippen molar-refractivity contribution in [2.24, 2.45) is 0 Å². The summed E-state index contributed by atoms with van der Waals surface area (Å²) in [4.78, 5) is 31.1. The second-order valence-corrected chi connectivity index (χ2v) is 6.88. The van der Waals surface area contributed by atoms with Crippen molar-refractivity contribution in [1.82, 2.24) is 9.88 Å². The van der Waals surface area contributed by atoms with Crippen LogP contribution in [0.5, 0.6) is 5.75 Å². The van der Waals surface area contributed by atoms with Crippen LogP contribution in [0.25, 0.3) is 5.76 Å². The Hall–Kier alpha value is -2.90. The van der Waals surface area contributed by atoms with E-state index in [-0.39, 0.29) is 16.4 Å². The molecule has 152 valence electrons. The van der Waals surface area contributed by atoms with Crippen molar-refractivity contribution in [3.05, 3.63) is 64.4 Å². The molecule has 1 atom stereocenters. The minimum atomic E-state index is -0.749. The van der Waals surface area contributed by atoms with Gasteiger partial charge in [0.1, 0.15) is 11.5 Å². The number of Topliss-reactive ketones (excluding diaryl/α,β-unsaturated/α-hetero) is 1. The molecule has 2 aromatic rings. The van der Waals surface area contributed by atoms with E-state index in [1.807, 2.05) is 0 Å². The standard InChI is InChI=1S/C21H21ClN2O5/c1-28-10-4-9-24-18(14-5-3-8-23-12-14)17(20(26)21(24)27)19(25)13-6-7-16(29-2)15(22)11-13/h3,5-8,11-12,18,25H,4,9-10H2,1-2H3/b19-17-. The monoisotopic (exact) mass is 416 g/mol. The molecule has 0 aliphatic carbocycles. The van der Waals surface area contributed by atoms with Crippen LogP contribution in [-0.4, -0.2) is 54.1 Å². The Labute approximate surface area is 173 Å². The maximum Gasteiger partial charge on any atom is 0.295 e. The van der Waals surface area contributed by atoms with Gasteiger partial charge in [-0.3, -0.25) is 14.6 Å². The molecule has 1 aliphatic heterocycles. The van der Waals surface area contributed by atoms with Gasteiger partial charge in [0.2, 0.25) is 0 Å². The van der Waals surface area contributed by atoms with E-state index in [0.29, 0.717) is 36.4 Å². The van der Waals surface area contributed by atoms with Crippen LogP contribution < -0.4 is 4.74 Å². The van der Waals surface area contributed by atoms with E-state index in [1.54, 1.807) is 43.8 Å². The van der Waals surface area contributed by atoms with Gasteiger partial charge >= 0.3 is 0 Å². The number of rotatable bonds is 7. The highest BCUT2D eigenvalue weighted by Crippen LogP contribution is 2.40. The summed E-state index contributed by atoms with van der Waals surface area (Å²) in [7, 11) is 3.05. The number of pyridine rings is 1. The smallest absolute Gasteiger partial charge is 0.295 e. The minimum absolute atomic E-state index is 0.00153. The molecule has 1 fully saturated rings. The molecule has 0 spiro atoms. The van der Waals surface area contributed by atoms with Gasteiger partial charge in [0, 0.05) is 38.2 Å². The van der Waals surface area contributed by atoms with Crippen molar-refractivity contribution < 1.29 is 24.2 Å². The first-order chi connectivity index (χ1) is 14.0. The van der Waals surface area contributed by atoms with Crippen molar-refractivity contribution in [1.29, 1.82) is 0 Å². The Balaban J connectivity index is 2.11. The van der Waals surface area contributed by atoms with Gasteiger partial charge in [0.25, 0.3) is 11.7 Å². The van der Waals surface area contributed by atoms with Gasteiger partial charge in [0.15, 0.2) is 0 Å². The quantitative estimate of drug-likeness (QED) is 0.322. The lowest BCUT2D eigenvalue weighted by Gasteiger charge is -2.25. The molecule has 1 saturated heterocycles. The number of methoxy groups -OCH3 is 2. The molecule has 2 heterocycles. The highest BCUT2D eigenvalue weighted by atomic mass is 35.5. The van der Waals surface area contributed by atoms with Crippen LogP contribution in [0.1, 0.15) is 23.6 Å². The third-order valence-corrected chi connectivity index (χ3v) is 5.01. The van der Waals surface area contributed by atoms with Gasteiger partial charge in [0.05, 0.1) is 23.7 Å². The number of nitrogens with zero attached hydrogens (tertiary/aromatic N) is 2. The van der Waals surface area contributed by atoms with Crippen molar-refractivity contribution in [2.75, 3.05) is 27.4 Å². The Morgan fingerprint density at radius 1 is 1.28 bits per heavy atom. The van der Waals surface area contributed by atoms with Crippen LogP contribution in [0.3, 0.4) is 0 Å². The topological polar surface area (TPSA) is 89.0 Å². The number of aliphatic hydroxyl groups excluding tert-OH is 1. The fraction of sp³-hybridized carbons (Fsp3) is 0.286. The lowest BCUT2D eigenvalue weighted by molar-refractivity contribution is -0.140. The highest BCUT2D eigenvalue weighted by molar-refractivity contribution is 6.46. The molecule has 1 aliphatic rings. The second-order valence-electron chi connectivity index (χ2n) is 6.47. The number of benzene rings is 1. The van der Waals surface area contributed by atoms with Crippen LogP contribution in [0.15, 0.2) is 48.3 Å². The van der Waals surface area contributed by atoms with E-state index >= 15 is 0 Å². The van der Waals surface area contributed by atoms with E-state index in [9.17, 15) is 14.7 Å². The van der Waals surface area contributed by atoms with Crippen molar-refractivity contribution in [3.8, 4) is 5.75 Å². The number of carbonyl (C=O) groups excluding carboxylic acids is 2. The third kappa shape index (κ3) is 4.11. The summed E-state index contributed by atoms with van der Waals surface area (Å²) in [6.45, 7) is 0.745. The molecular weight excluding hydrogens is 396 g/mol. The van der Waals surface area contributed by atoms with Crippen molar-refractivity contribution in [3.63, 3.8) is 0 Å². The number of likely N-dealkylation sites (tertiary alicyclic amines) is 1. The van der Waals surface area contributed by atoms with Crippen LogP contribution in [0.4, 0.5) is 0 Å². The van der Waals surface area contributed by atoms with E-state index in [4.69, 9.17) is 21.1 Å². The average Bonchev–Trinajstić information content (AvgIpc) is 2.99. The van der Waals surface area contributed by atoms with Gasteiger partial charge in [-0.1, -0.05) is 17.7 Å². The van der Waals surface area contributed by atoms with Crippen LogP contribution in [-0.2, 0) is 14.3 Å². The lowest BCUT2D eigenvalue weighted by atomic mass is 9.96. The number of hydrogen-bond donors (Lipinski definition) is 1. The first-order valence-corrected chi connectivity index (χ1v) is 9.38. The molecule has 7 nitrogen and oxygen atoms in total. The summed E-state index contributed by atoms with van der Waals surface area (Å²) in [5.41, 5.74) is 0.950. The van der Waals surface area contributed by atoms with Gasteiger partial charge in [-0.2, -0.15) is 0 Å². The maximum atomic E-state index is 12.8. The average molecular weight is 417 g/mol. The Kier molecular flexibility index (Phi) is 6.51. The number of halogens is 1. The summed E-state index contributed by atoms with van der Waals surface area (Å²) in [6, 6.07) is 7.40. The molecule has 1 aromatic carbocycles. The molecular formula is C21H21ClN2O5. The number of hydrogen-bond acceptors (Lipinski definition) is 6. The Bertz CT molecular complexity index is 945. The first-order valence-electron chi connectivity index (χ1n) is 9.00. The molecule has 0 saturated carbocycles. The van der Waals surface area contributed by atoms with Gasteiger partial charge < -0.3 is 19.5 Å². The normalized spacial score (nSPS) is 18.3. The fourth-order valence-corrected chi connectivity index (χ4v) is 3.60. The lowest BCUT2D eigenvalue weighted by Crippen LogP contribution is -2.31. The van der Waals surface area contributed by atoms with Gasteiger partial charge in [-0.15, -0.1) is 0 Å². The SMILES string of the molecule is COCCCN1C(=O)C(=O)/C(=C(\O)c2ccc(OC)c(Cl)c2)C1c1cccnc1. The molecule has 1 unspecified atom stereocenters. The zero-order valence-electron chi connectivity index (χ0n) is 16.1. The predicted octanol–water partition coefficient (Wildman–Crippen LogP) is 3.20. The zero-order chi connectivity index (χ0) is 21.0. The van der Waals surface area contributed by atoms with E-state index in [2.05, 4.69) is 4.98 Å². The maximum absolute atomic E-state index is 12.8. The van der Waals surface area contributed by atoms with Gasteiger partial charge in [-0.25, -0.2) is 0 Å². The summed E-state index contributed by atoms with van der Waals surface area (Å²) >= 11 is 6.17. The Morgan fingerprint density at radius 3 is 2.69 bits per heavy atom. The number of ketones is 1. The molecule has 0 bridgehead atoms. The number of aromatic nitrogens is 1. The fourth-order valence-electron chi connectivity index (χ4n) is 3.34. The molecule has 1 amide bonds. The third-order valence-electron chi connectivity index (χ3n) is 4.71. The van der Waals surface area contributed by atoms with Crippen LogP contribution >= 0.6 is 11.6 Å². The minimum Gasteiger partial charge on any atom is -0.507 e. The molecule has 8 heteroatoms. The zero-order valence-corrected chi connectivity index (χ0v) is 16.8. The summed E-state index contributed by atoms with van der Waals surface area (Å²) in [5.74, 6) is -1.28. The summed E-state index contributed by atoms with van der Waals surface area (Å²) in [6.07, 6.45) is 3.73. The Morgan fingerprint density at radius 2 is 2.07 bits per heavy atom. The number of ether oxygens (including phenoxy) is 2. The number of aliphatic hydroxyl groups is 1. The van der Waals surface area contributed by atoms with Crippen molar-refractivity contribution in [2.45, 2.75) is 12.5 Å². The van der Waals surface area contributed by atoms with E-state index < -0.39 is 17.7 Å². The number of amides is 1. The van der Waals surface area contributed by atoms with Crippen LogP contribution in [0.2, 0.25) is 5.02 Å². The van der Waals surface area contributed by atoms with Crippen LogP contribution in [0, 0.1) is 0 Å². The van der Waals surface area contributed by atoms with Gasteiger partial charge in [-0.05, 0) is 36.2 Å². The first kappa shape index (κ1) is 20.8. The highest BCUT2D eigenvalue weighted by Gasteiger charge is 2.45. The second kappa shape index (κ2) is 9.07. The largest absolute Gasteiger partial charge is 0.507 e. The van der Waals surface area contributed by atoms with E-state index in [1.165, 1.54) is 18.1 Å². The van der Waals surface area contributed by atoms with Crippen molar-refractivity contribution >= 4 is 29.1 Å². The summed E-state index contributed by atoms with van der Waals surface area (Å²) in [5, 5.41) is 11.2. The summed E-state index contributed by atoms with van der Waals surface area (Å²) < 4.78 is 10.2. The molecule has 1 aromatic heterocycles. The molecule has 3 rings (SSSR count).